The van der Waals surface area contributed by atoms with Crippen LogP contribution < -0.4 is 4.74 Å². The first-order valence-electron chi connectivity index (χ1n) is 7.75. The second-order valence-electron chi connectivity index (χ2n) is 5.23. The molecule has 0 saturated heterocycles. The van der Waals surface area contributed by atoms with Crippen LogP contribution in [0.3, 0.4) is 0 Å². The topological polar surface area (TPSA) is 72.6 Å². The van der Waals surface area contributed by atoms with Crippen molar-refractivity contribution in [2.75, 3.05) is 6.61 Å². The van der Waals surface area contributed by atoms with Crippen molar-refractivity contribution >= 4 is 5.69 Å². The van der Waals surface area contributed by atoms with Crippen molar-refractivity contribution in [3.05, 3.63) is 28.3 Å². The Balaban J connectivity index is 2.16. The van der Waals surface area contributed by atoms with E-state index in [1.54, 1.807) is 6.07 Å². The van der Waals surface area contributed by atoms with Crippen molar-refractivity contribution in [2.45, 2.75) is 58.3 Å². The van der Waals surface area contributed by atoms with Crippen LogP contribution in [0, 0.1) is 10.1 Å². The Bertz CT molecular complexity index is 434. The molecule has 0 bridgehead atoms. The monoisotopic (exact) mass is 295 g/mol. The summed E-state index contributed by atoms with van der Waals surface area (Å²) in [6.07, 6.45) is 9.76. The van der Waals surface area contributed by atoms with Gasteiger partial charge in [0.1, 0.15) is 5.75 Å². The molecule has 0 aromatic heterocycles. The Morgan fingerprint density at radius 1 is 1.10 bits per heavy atom. The third-order valence-electron chi connectivity index (χ3n) is 3.41. The van der Waals surface area contributed by atoms with Crippen molar-refractivity contribution in [3.63, 3.8) is 0 Å². The van der Waals surface area contributed by atoms with Gasteiger partial charge in [-0.2, -0.15) is 0 Å². The molecule has 21 heavy (non-hydrogen) atoms. The highest BCUT2D eigenvalue weighted by Crippen LogP contribution is 2.29. The normalized spacial score (nSPS) is 10.5. The van der Waals surface area contributed by atoms with E-state index in [9.17, 15) is 15.2 Å². The lowest BCUT2D eigenvalue weighted by molar-refractivity contribution is -0.385. The summed E-state index contributed by atoms with van der Waals surface area (Å²) in [4.78, 5) is 10.1. The Morgan fingerprint density at radius 3 is 2.33 bits per heavy atom. The Morgan fingerprint density at radius 2 is 1.71 bits per heavy atom. The zero-order valence-electron chi connectivity index (χ0n) is 12.7. The fourth-order valence-electron chi connectivity index (χ4n) is 2.17. The second kappa shape index (κ2) is 10.0. The predicted octanol–water partition coefficient (Wildman–Crippen LogP) is 4.82. The second-order valence-corrected chi connectivity index (χ2v) is 5.23. The molecule has 0 aliphatic rings. The lowest BCUT2D eigenvalue weighted by atomic mass is 10.1. The molecule has 1 aromatic rings. The van der Waals surface area contributed by atoms with E-state index in [1.165, 1.54) is 50.7 Å². The van der Waals surface area contributed by atoms with E-state index in [2.05, 4.69) is 6.92 Å². The maximum absolute atomic E-state index is 10.7. The molecule has 0 spiro atoms. The smallest absolute Gasteiger partial charge is 0.314 e. The molecule has 0 fully saturated rings. The van der Waals surface area contributed by atoms with Gasteiger partial charge in [0, 0.05) is 0 Å². The summed E-state index contributed by atoms with van der Waals surface area (Å²) in [5, 5.41) is 20.0. The van der Waals surface area contributed by atoms with Crippen LogP contribution in [0.5, 0.6) is 11.5 Å². The highest BCUT2D eigenvalue weighted by atomic mass is 16.6. The first kappa shape index (κ1) is 17.3. The number of ether oxygens (including phenoxy) is 1. The molecular formula is C16H25NO4. The molecule has 0 heterocycles. The SMILES string of the molecule is CCCCCCCCCCOc1ccc(O)c([N+](=O)[O-])c1. The fourth-order valence-corrected chi connectivity index (χ4v) is 2.17. The number of rotatable bonds is 11. The molecule has 0 atom stereocenters. The molecule has 5 heteroatoms. The average molecular weight is 295 g/mol. The molecule has 118 valence electrons. The number of nitro groups is 1. The number of aromatic hydroxyl groups is 1. The lowest BCUT2D eigenvalue weighted by Crippen LogP contribution is -1.98. The fraction of sp³-hybridized carbons (Fsp3) is 0.625. The van der Waals surface area contributed by atoms with E-state index < -0.39 is 4.92 Å². The summed E-state index contributed by atoms with van der Waals surface area (Å²) in [7, 11) is 0. The van der Waals surface area contributed by atoms with Crippen LogP contribution in [-0.4, -0.2) is 16.6 Å². The average Bonchev–Trinajstić information content (AvgIpc) is 2.47. The summed E-state index contributed by atoms with van der Waals surface area (Å²) in [6, 6.07) is 4.11. The Hall–Kier alpha value is -1.78. The molecule has 0 amide bonds. The van der Waals surface area contributed by atoms with Gasteiger partial charge in [-0.15, -0.1) is 0 Å². The van der Waals surface area contributed by atoms with Crippen LogP contribution in [0.2, 0.25) is 0 Å². The van der Waals surface area contributed by atoms with Crippen molar-refractivity contribution in [1.29, 1.82) is 0 Å². The van der Waals surface area contributed by atoms with E-state index in [-0.39, 0.29) is 11.4 Å². The number of phenolic OH excluding ortho intramolecular Hbond substituents is 1. The van der Waals surface area contributed by atoms with Crippen molar-refractivity contribution in [1.82, 2.24) is 0 Å². The zero-order chi connectivity index (χ0) is 15.5. The number of hydrogen-bond acceptors (Lipinski definition) is 4. The summed E-state index contributed by atoms with van der Waals surface area (Å²) in [5.41, 5.74) is -0.316. The van der Waals surface area contributed by atoms with Gasteiger partial charge in [0.15, 0.2) is 5.75 Å². The predicted molar refractivity (Wildman–Crippen MR) is 82.9 cm³/mol. The highest BCUT2D eigenvalue weighted by molar-refractivity contribution is 5.49. The van der Waals surface area contributed by atoms with E-state index in [1.807, 2.05) is 0 Å². The van der Waals surface area contributed by atoms with E-state index >= 15 is 0 Å². The molecule has 1 rings (SSSR count). The Labute approximate surface area is 126 Å². The molecule has 0 unspecified atom stereocenters. The number of unbranched alkanes of at least 4 members (excludes halogenated alkanes) is 7. The molecule has 0 saturated carbocycles. The van der Waals surface area contributed by atoms with Gasteiger partial charge in [0.25, 0.3) is 0 Å². The van der Waals surface area contributed by atoms with E-state index in [0.29, 0.717) is 12.4 Å². The maximum Gasteiger partial charge on any atom is 0.314 e. The third-order valence-corrected chi connectivity index (χ3v) is 3.41. The van der Waals surface area contributed by atoms with E-state index in [4.69, 9.17) is 4.74 Å². The standard InChI is InChI=1S/C16H25NO4/c1-2-3-4-5-6-7-8-9-12-21-14-10-11-16(18)15(13-14)17(19)20/h10-11,13,18H,2-9,12H2,1H3. The minimum Gasteiger partial charge on any atom is -0.502 e. The summed E-state index contributed by atoms with van der Waals surface area (Å²) < 4.78 is 5.48. The first-order valence-corrected chi connectivity index (χ1v) is 7.75. The minimum atomic E-state index is -0.613. The van der Waals surface area contributed by atoms with Crippen LogP contribution in [-0.2, 0) is 0 Å². The van der Waals surface area contributed by atoms with Crippen molar-refractivity contribution in [3.8, 4) is 11.5 Å². The molecule has 5 nitrogen and oxygen atoms in total. The van der Waals surface area contributed by atoms with Gasteiger partial charge in [0.05, 0.1) is 17.6 Å². The first-order chi connectivity index (χ1) is 10.1. The number of nitro benzene ring substituents is 1. The lowest BCUT2D eigenvalue weighted by Gasteiger charge is -2.06. The third kappa shape index (κ3) is 6.97. The van der Waals surface area contributed by atoms with Gasteiger partial charge >= 0.3 is 5.69 Å². The zero-order valence-corrected chi connectivity index (χ0v) is 12.7. The molecule has 0 radical (unpaired) electrons. The summed E-state index contributed by atoms with van der Waals surface area (Å²) >= 11 is 0. The minimum absolute atomic E-state index is 0.316. The van der Waals surface area contributed by atoms with Gasteiger partial charge in [-0.1, -0.05) is 51.9 Å². The molecule has 0 aliphatic heterocycles. The van der Waals surface area contributed by atoms with Gasteiger partial charge in [-0.25, -0.2) is 0 Å². The number of benzene rings is 1. The van der Waals surface area contributed by atoms with Crippen molar-refractivity contribution < 1.29 is 14.8 Å². The van der Waals surface area contributed by atoms with Crippen LogP contribution in [0.1, 0.15) is 58.3 Å². The molecule has 1 N–H and O–H groups in total. The van der Waals surface area contributed by atoms with Crippen LogP contribution in [0.4, 0.5) is 5.69 Å². The molecule has 1 aromatic carbocycles. The van der Waals surface area contributed by atoms with Gasteiger partial charge < -0.3 is 9.84 Å². The largest absolute Gasteiger partial charge is 0.502 e. The quantitative estimate of drug-likeness (QED) is 0.361. The number of nitrogens with zero attached hydrogens (tertiary/aromatic N) is 1. The van der Waals surface area contributed by atoms with Gasteiger partial charge in [0.2, 0.25) is 0 Å². The summed E-state index contributed by atoms with van der Waals surface area (Å²) in [5.74, 6) is 0.0990. The molecular weight excluding hydrogens is 270 g/mol. The maximum atomic E-state index is 10.7. The van der Waals surface area contributed by atoms with Crippen molar-refractivity contribution in [2.24, 2.45) is 0 Å². The van der Waals surface area contributed by atoms with E-state index in [0.717, 1.165) is 12.8 Å². The Kier molecular flexibility index (Phi) is 8.24. The molecule has 0 aliphatic carbocycles. The van der Waals surface area contributed by atoms with Crippen LogP contribution in [0.25, 0.3) is 0 Å². The highest BCUT2D eigenvalue weighted by Gasteiger charge is 2.13. The van der Waals surface area contributed by atoms with Gasteiger partial charge in [-0.3, -0.25) is 10.1 Å². The van der Waals surface area contributed by atoms with Crippen LogP contribution >= 0.6 is 0 Å². The van der Waals surface area contributed by atoms with Crippen LogP contribution in [0.15, 0.2) is 18.2 Å². The number of hydrogen-bond donors (Lipinski definition) is 1. The van der Waals surface area contributed by atoms with Gasteiger partial charge in [-0.05, 0) is 18.6 Å². The number of phenols is 1. The summed E-state index contributed by atoms with van der Waals surface area (Å²) in [6.45, 7) is 2.77.